The second-order valence-corrected chi connectivity index (χ2v) is 7.55. The largest absolute Gasteiger partial charge is 0.352 e. The normalized spacial score (nSPS) is 15.2. The zero-order valence-corrected chi connectivity index (χ0v) is 13.8. The lowest BCUT2D eigenvalue weighted by Gasteiger charge is -2.19. The number of benzene rings is 1. The molecule has 21 heavy (non-hydrogen) atoms. The molecule has 5 nitrogen and oxygen atoms in total. The van der Waals surface area contributed by atoms with Gasteiger partial charge in [0.25, 0.3) is 0 Å². The Labute approximate surface area is 130 Å². The number of nitrogens with zero attached hydrogens (tertiary/aromatic N) is 2. The number of halogens is 1. The molecule has 0 spiro atoms. The smallest absolute Gasteiger partial charge is 0.194 e. The summed E-state index contributed by atoms with van der Waals surface area (Å²) in [5.41, 5.74) is 0.833. The van der Waals surface area contributed by atoms with Crippen LogP contribution >= 0.6 is 11.6 Å². The van der Waals surface area contributed by atoms with Gasteiger partial charge < -0.3 is 10.2 Å². The van der Waals surface area contributed by atoms with E-state index in [9.17, 15) is 8.42 Å². The zero-order valence-electron chi connectivity index (χ0n) is 12.3. The highest BCUT2D eigenvalue weighted by Crippen LogP contribution is 2.20. The number of guanidine groups is 1. The number of hydrogen-bond acceptors (Lipinski definition) is 5. The highest BCUT2D eigenvalue weighted by atomic mass is 35.5. The highest BCUT2D eigenvalue weighted by Gasteiger charge is 2.16. The van der Waals surface area contributed by atoms with Gasteiger partial charge in [0.15, 0.2) is 15.8 Å². The molecular formula is C14H20ClN3O2S. The lowest BCUT2D eigenvalue weighted by molar-refractivity contribution is 0.466. The Morgan fingerprint density at radius 2 is 2.10 bits per heavy atom. The molecule has 1 aromatic carbocycles. The Balaban J connectivity index is 2.14. The van der Waals surface area contributed by atoms with Gasteiger partial charge in [-0.3, -0.25) is 4.99 Å². The van der Waals surface area contributed by atoms with Crippen LogP contribution in [0, 0.1) is 0 Å². The van der Waals surface area contributed by atoms with E-state index < -0.39 is 9.84 Å². The minimum absolute atomic E-state index is 0.0660. The van der Waals surface area contributed by atoms with Gasteiger partial charge in [0.2, 0.25) is 0 Å². The van der Waals surface area contributed by atoms with Crippen molar-refractivity contribution in [1.29, 1.82) is 0 Å². The van der Waals surface area contributed by atoms with E-state index in [1.54, 1.807) is 19.1 Å². The second-order valence-electron chi connectivity index (χ2n) is 4.84. The first-order valence-corrected chi connectivity index (χ1v) is 9.04. The lowest BCUT2D eigenvalue weighted by atomic mass is 10.2. The van der Waals surface area contributed by atoms with Crippen molar-refractivity contribution >= 4 is 27.4 Å². The fourth-order valence-electron chi connectivity index (χ4n) is 2.21. The van der Waals surface area contributed by atoms with Crippen molar-refractivity contribution in [2.24, 2.45) is 4.99 Å². The molecule has 0 saturated heterocycles. The number of likely N-dealkylation sites (N-methyl/N-ethyl adjacent to an activating group) is 1. The topological polar surface area (TPSA) is 61.8 Å². The van der Waals surface area contributed by atoms with Crippen molar-refractivity contribution in [3.8, 4) is 0 Å². The van der Waals surface area contributed by atoms with Crippen LogP contribution in [0.2, 0.25) is 5.02 Å². The number of sulfone groups is 1. The first kappa shape index (κ1) is 16.1. The van der Waals surface area contributed by atoms with E-state index in [0.29, 0.717) is 11.6 Å². The molecule has 0 aliphatic carbocycles. The monoisotopic (exact) mass is 329 g/mol. The number of aliphatic imine (C=N–C) groups is 1. The lowest BCUT2D eigenvalue weighted by Crippen LogP contribution is -2.37. The Hall–Kier alpha value is -1.27. The summed E-state index contributed by atoms with van der Waals surface area (Å²) >= 11 is 6.03. The van der Waals surface area contributed by atoms with Gasteiger partial charge in [0.05, 0.1) is 17.2 Å². The summed E-state index contributed by atoms with van der Waals surface area (Å²) in [6.45, 7) is 6.82. The summed E-state index contributed by atoms with van der Waals surface area (Å²) in [5, 5.41) is 3.68. The molecule has 0 saturated carbocycles. The minimum atomic E-state index is -3.25. The molecule has 0 unspecified atom stereocenters. The Bertz CT molecular complexity index is 644. The van der Waals surface area contributed by atoms with Crippen LogP contribution < -0.4 is 5.32 Å². The SMILES string of the molecule is CCN1CCN=C1NCc1cc(Cl)cc(S(=O)(=O)CC)c1. The molecule has 1 heterocycles. The predicted molar refractivity (Wildman–Crippen MR) is 85.6 cm³/mol. The van der Waals surface area contributed by atoms with Crippen LogP contribution in [-0.2, 0) is 16.4 Å². The molecule has 1 N–H and O–H groups in total. The van der Waals surface area contributed by atoms with Gasteiger partial charge in [-0.05, 0) is 30.7 Å². The van der Waals surface area contributed by atoms with E-state index in [0.717, 1.165) is 31.2 Å². The maximum absolute atomic E-state index is 12.0. The standard InChI is InChI=1S/C14H20ClN3O2S/c1-3-18-6-5-16-14(18)17-10-11-7-12(15)9-13(8-11)21(19,20)4-2/h7-9H,3-6,10H2,1-2H3,(H,16,17). The third-order valence-corrected chi connectivity index (χ3v) is 5.37. The number of nitrogens with one attached hydrogen (secondary N) is 1. The van der Waals surface area contributed by atoms with Crippen molar-refractivity contribution < 1.29 is 8.42 Å². The molecule has 0 bridgehead atoms. The fourth-order valence-corrected chi connectivity index (χ4v) is 3.50. The molecular weight excluding hydrogens is 310 g/mol. The molecule has 0 amide bonds. The molecule has 0 atom stereocenters. The number of hydrogen-bond donors (Lipinski definition) is 1. The predicted octanol–water partition coefficient (Wildman–Crippen LogP) is 1.91. The third kappa shape index (κ3) is 3.89. The van der Waals surface area contributed by atoms with Crippen LogP contribution in [-0.4, -0.2) is 44.7 Å². The van der Waals surface area contributed by atoms with Gasteiger partial charge in [-0.25, -0.2) is 8.42 Å². The van der Waals surface area contributed by atoms with Gasteiger partial charge in [-0.1, -0.05) is 18.5 Å². The van der Waals surface area contributed by atoms with E-state index in [-0.39, 0.29) is 10.6 Å². The molecule has 0 radical (unpaired) electrons. The quantitative estimate of drug-likeness (QED) is 0.896. The Morgan fingerprint density at radius 3 is 2.76 bits per heavy atom. The second kappa shape index (κ2) is 6.66. The van der Waals surface area contributed by atoms with Gasteiger partial charge in [-0.15, -0.1) is 0 Å². The van der Waals surface area contributed by atoms with Crippen molar-refractivity contribution in [2.45, 2.75) is 25.3 Å². The van der Waals surface area contributed by atoms with E-state index in [4.69, 9.17) is 11.6 Å². The van der Waals surface area contributed by atoms with Crippen molar-refractivity contribution in [3.05, 3.63) is 28.8 Å². The molecule has 1 aromatic rings. The average molecular weight is 330 g/mol. The van der Waals surface area contributed by atoms with Gasteiger partial charge in [0, 0.05) is 24.7 Å². The zero-order chi connectivity index (χ0) is 15.5. The molecule has 0 fully saturated rings. The van der Waals surface area contributed by atoms with Crippen LogP contribution in [0.4, 0.5) is 0 Å². The van der Waals surface area contributed by atoms with Gasteiger partial charge in [0.1, 0.15) is 0 Å². The van der Waals surface area contributed by atoms with Gasteiger partial charge in [-0.2, -0.15) is 0 Å². The van der Waals surface area contributed by atoms with Crippen molar-refractivity contribution in [3.63, 3.8) is 0 Å². The van der Waals surface area contributed by atoms with E-state index in [1.165, 1.54) is 6.07 Å². The highest BCUT2D eigenvalue weighted by molar-refractivity contribution is 7.91. The Morgan fingerprint density at radius 1 is 1.33 bits per heavy atom. The maximum atomic E-state index is 12.0. The summed E-state index contributed by atoms with van der Waals surface area (Å²) in [4.78, 5) is 6.81. The van der Waals surface area contributed by atoms with Crippen LogP contribution in [0.15, 0.2) is 28.1 Å². The van der Waals surface area contributed by atoms with Gasteiger partial charge >= 0.3 is 0 Å². The van der Waals surface area contributed by atoms with E-state index in [1.807, 2.05) is 0 Å². The molecule has 1 aliphatic rings. The number of rotatable bonds is 5. The summed E-state index contributed by atoms with van der Waals surface area (Å²) < 4.78 is 23.9. The average Bonchev–Trinajstić information content (AvgIpc) is 2.92. The summed E-state index contributed by atoms with van der Waals surface area (Å²) in [7, 11) is -3.25. The van der Waals surface area contributed by atoms with E-state index in [2.05, 4.69) is 22.1 Å². The molecule has 1 aliphatic heterocycles. The van der Waals surface area contributed by atoms with Crippen LogP contribution in [0.5, 0.6) is 0 Å². The first-order chi connectivity index (χ1) is 9.96. The third-order valence-electron chi connectivity index (χ3n) is 3.43. The Kier molecular flexibility index (Phi) is 5.11. The van der Waals surface area contributed by atoms with E-state index >= 15 is 0 Å². The minimum Gasteiger partial charge on any atom is -0.352 e. The van der Waals surface area contributed by atoms with Crippen LogP contribution in [0.25, 0.3) is 0 Å². The first-order valence-electron chi connectivity index (χ1n) is 7.01. The van der Waals surface area contributed by atoms with Crippen LogP contribution in [0.1, 0.15) is 19.4 Å². The van der Waals surface area contributed by atoms with Crippen molar-refractivity contribution in [1.82, 2.24) is 10.2 Å². The summed E-state index contributed by atoms with van der Waals surface area (Å²) in [6.07, 6.45) is 0. The maximum Gasteiger partial charge on any atom is 0.194 e. The van der Waals surface area contributed by atoms with Crippen LogP contribution in [0.3, 0.4) is 0 Å². The van der Waals surface area contributed by atoms with Crippen molar-refractivity contribution in [2.75, 3.05) is 25.4 Å². The molecule has 116 valence electrons. The molecule has 2 rings (SSSR count). The molecule has 7 heteroatoms. The summed E-state index contributed by atoms with van der Waals surface area (Å²) in [5.74, 6) is 0.925. The molecule has 0 aromatic heterocycles. The summed E-state index contributed by atoms with van der Waals surface area (Å²) in [6, 6.07) is 4.94. The fraction of sp³-hybridized carbons (Fsp3) is 0.500.